The number of hydrogen-bond donors (Lipinski definition) is 2. The van der Waals surface area contributed by atoms with E-state index in [9.17, 15) is 9.59 Å². The summed E-state index contributed by atoms with van der Waals surface area (Å²) in [5.74, 6) is -0.0970. The number of nitrogens with zero attached hydrogens (tertiary/aromatic N) is 1. The van der Waals surface area contributed by atoms with Crippen molar-refractivity contribution in [1.29, 1.82) is 0 Å². The third-order valence-electron chi connectivity index (χ3n) is 4.15. The lowest BCUT2D eigenvalue weighted by Crippen LogP contribution is -2.25. The molecule has 1 atom stereocenters. The van der Waals surface area contributed by atoms with Crippen LogP contribution in [0, 0.1) is 13.8 Å². The van der Waals surface area contributed by atoms with Gasteiger partial charge in [0.05, 0.1) is 16.2 Å². The third kappa shape index (κ3) is 3.96. The van der Waals surface area contributed by atoms with Crippen LogP contribution in [0.4, 0.5) is 5.69 Å². The Labute approximate surface area is 156 Å². The molecule has 0 fully saturated rings. The first-order valence-corrected chi connectivity index (χ1v) is 9.39. The van der Waals surface area contributed by atoms with Crippen molar-refractivity contribution >= 4 is 34.3 Å². The summed E-state index contributed by atoms with van der Waals surface area (Å²) >= 11 is 1.28. The van der Waals surface area contributed by atoms with Crippen molar-refractivity contribution in [1.82, 2.24) is 9.97 Å². The van der Waals surface area contributed by atoms with E-state index >= 15 is 0 Å². The number of aromatic amines is 1. The molecular weight excluding hydrogens is 346 g/mol. The second-order valence-corrected chi connectivity index (χ2v) is 7.40. The smallest absolute Gasteiger partial charge is 0.259 e. The highest BCUT2D eigenvalue weighted by Crippen LogP contribution is 2.25. The number of amides is 1. The van der Waals surface area contributed by atoms with E-state index in [4.69, 9.17) is 0 Å². The maximum Gasteiger partial charge on any atom is 0.259 e. The summed E-state index contributed by atoms with van der Waals surface area (Å²) in [6.07, 6.45) is 0.623. The molecule has 134 valence electrons. The van der Waals surface area contributed by atoms with Gasteiger partial charge in [-0.3, -0.25) is 9.59 Å². The summed E-state index contributed by atoms with van der Waals surface area (Å²) in [7, 11) is 0. The summed E-state index contributed by atoms with van der Waals surface area (Å²) in [5, 5.41) is 3.63. The number of carbonyl (C=O) groups excluding carboxylic acids is 1. The minimum atomic E-state index is -0.347. The van der Waals surface area contributed by atoms with Crippen molar-refractivity contribution in [2.24, 2.45) is 0 Å². The number of nitrogens with one attached hydrogen (secondary N) is 2. The highest BCUT2D eigenvalue weighted by atomic mass is 32.2. The Bertz CT molecular complexity index is 1010. The predicted octanol–water partition coefficient (Wildman–Crippen LogP) is 4.05. The monoisotopic (exact) mass is 367 g/mol. The van der Waals surface area contributed by atoms with Crippen molar-refractivity contribution in [3.8, 4) is 0 Å². The van der Waals surface area contributed by atoms with Crippen LogP contribution in [0.1, 0.15) is 24.5 Å². The van der Waals surface area contributed by atoms with Crippen molar-refractivity contribution < 1.29 is 4.79 Å². The van der Waals surface area contributed by atoms with Crippen molar-refractivity contribution in [2.45, 2.75) is 37.6 Å². The average molecular weight is 367 g/mol. The van der Waals surface area contributed by atoms with Gasteiger partial charge in [-0.1, -0.05) is 48.5 Å². The minimum absolute atomic E-state index is 0.0970. The quantitative estimate of drug-likeness (QED) is 0.527. The summed E-state index contributed by atoms with van der Waals surface area (Å²) in [4.78, 5) is 32.1. The maximum absolute atomic E-state index is 12.7. The molecule has 3 rings (SSSR count). The second kappa shape index (κ2) is 7.74. The number of fused-ring (bicyclic) bond motifs is 1. The molecule has 6 heteroatoms. The molecule has 0 saturated carbocycles. The van der Waals surface area contributed by atoms with Gasteiger partial charge in [-0.25, -0.2) is 4.98 Å². The molecule has 0 aliphatic carbocycles. The number of hydrogen-bond acceptors (Lipinski definition) is 4. The van der Waals surface area contributed by atoms with Crippen LogP contribution in [0.5, 0.6) is 0 Å². The Hall–Kier alpha value is -2.60. The Morgan fingerprint density at radius 1 is 1.23 bits per heavy atom. The summed E-state index contributed by atoms with van der Waals surface area (Å²) in [6, 6.07) is 13.1. The normalized spacial score (nSPS) is 12.1. The number of rotatable bonds is 5. The van der Waals surface area contributed by atoms with Crippen molar-refractivity contribution in [3.63, 3.8) is 0 Å². The van der Waals surface area contributed by atoms with E-state index in [1.165, 1.54) is 11.8 Å². The van der Waals surface area contributed by atoms with Gasteiger partial charge < -0.3 is 10.3 Å². The van der Waals surface area contributed by atoms with E-state index in [0.717, 1.165) is 16.8 Å². The lowest BCUT2D eigenvalue weighted by Gasteiger charge is -2.15. The van der Waals surface area contributed by atoms with Crippen LogP contribution in [0.25, 0.3) is 10.9 Å². The van der Waals surface area contributed by atoms with Crippen LogP contribution < -0.4 is 10.9 Å². The first kappa shape index (κ1) is 18.2. The molecule has 0 aliphatic rings. The van der Waals surface area contributed by atoms with Crippen LogP contribution in [0.3, 0.4) is 0 Å². The molecule has 0 spiro atoms. The molecule has 5 nitrogen and oxygen atoms in total. The van der Waals surface area contributed by atoms with E-state index in [1.54, 1.807) is 18.2 Å². The Kier molecular flexibility index (Phi) is 5.42. The van der Waals surface area contributed by atoms with E-state index in [-0.39, 0.29) is 16.7 Å². The van der Waals surface area contributed by atoms with E-state index in [2.05, 4.69) is 15.3 Å². The highest BCUT2D eigenvalue weighted by Gasteiger charge is 2.20. The number of carbonyl (C=O) groups is 1. The Morgan fingerprint density at radius 3 is 2.73 bits per heavy atom. The molecule has 26 heavy (non-hydrogen) atoms. The molecule has 1 amide bonds. The van der Waals surface area contributed by atoms with Gasteiger partial charge in [0, 0.05) is 5.69 Å². The molecule has 1 heterocycles. The van der Waals surface area contributed by atoms with Gasteiger partial charge in [0.1, 0.15) is 0 Å². The number of aromatic nitrogens is 2. The minimum Gasteiger partial charge on any atom is -0.325 e. The molecule has 2 N–H and O–H groups in total. The first-order valence-electron chi connectivity index (χ1n) is 8.51. The number of anilines is 1. The number of para-hydroxylation sites is 1. The van der Waals surface area contributed by atoms with Crippen LogP contribution in [-0.2, 0) is 4.79 Å². The molecule has 0 aliphatic heterocycles. The van der Waals surface area contributed by atoms with Crippen molar-refractivity contribution in [2.75, 3.05) is 5.32 Å². The molecule has 3 aromatic rings. The highest BCUT2D eigenvalue weighted by molar-refractivity contribution is 8.00. The van der Waals surface area contributed by atoms with Crippen LogP contribution in [0.2, 0.25) is 0 Å². The molecule has 0 radical (unpaired) electrons. The van der Waals surface area contributed by atoms with Gasteiger partial charge in [-0.05, 0) is 44.0 Å². The lowest BCUT2D eigenvalue weighted by atomic mass is 10.1. The molecule has 1 unspecified atom stereocenters. The van der Waals surface area contributed by atoms with Crippen molar-refractivity contribution in [3.05, 3.63) is 63.9 Å². The molecular formula is C20H21N3O2S. The summed E-state index contributed by atoms with van der Waals surface area (Å²) < 4.78 is 0. The SMILES string of the molecule is CCC(Sc1nc2ccccc2c(=O)[nH]1)C(=O)Nc1ccc(C)cc1C. The zero-order valence-corrected chi connectivity index (χ0v) is 15.8. The van der Waals surface area contributed by atoms with Crippen LogP contribution in [-0.4, -0.2) is 21.1 Å². The zero-order valence-electron chi connectivity index (χ0n) is 15.0. The fourth-order valence-electron chi connectivity index (χ4n) is 2.74. The number of benzene rings is 2. The summed E-state index contributed by atoms with van der Waals surface area (Å²) in [5.41, 5.74) is 3.42. The molecule has 0 saturated heterocycles. The van der Waals surface area contributed by atoms with Gasteiger partial charge in [-0.15, -0.1) is 0 Å². The van der Waals surface area contributed by atoms with Crippen LogP contribution >= 0.6 is 11.8 Å². The topological polar surface area (TPSA) is 74.8 Å². The van der Waals surface area contributed by atoms with Gasteiger partial charge in [-0.2, -0.15) is 0 Å². The third-order valence-corrected chi connectivity index (χ3v) is 5.40. The van der Waals surface area contributed by atoms with E-state index in [1.807, 2.05) is 45.0 Å². The summed E-state index contributed by atoms with van der Waals surface area (Å²) in [6.45, 7) is 5.93. The Balaban J connectivity index is 1.80. The standard InChI is InChI=1S/C20H21N3O2S/c1-4-17(19(25)21-15-10-9-12(2)11-13(15)3)26-20-22-16-8-6-5-7-14(16)18(24)23-20/h5-11,17H,4H2,1-3H3,(H,21,25)(H,22,23,24). The van der Waals surface area contributed by atoms with Crippen LogP contribution in [0.15, 0.2) is 52.4 Å². The largest absolute Gasteiger partial charge is 0.325 e. The second-order valence-electron chi connectivity index (χ2n) is 6.21. The van der Waals surface area contributed by atoms with Gasteiger partial charge in [0.2, 0.25) is 5.91 Å². The fraction of sp³-hybridized carbons (Fsp3) is 0.250. The number of thioether (sulfide) groups is 1. The average Bonchev–Trinajstić information content (AvgIpc) is 2.62. The maximum atomic E-state index is 12.7. The van der Waals surface area contributed by atoms with E-state index in [0.29, 0.717) is 22.5 Å². The number of aryl methyl sites for hydroxylation is 2. The van der Waals surface area contributed by atoms with E-state index < -0.39 is 0 Å². The zero-order chi connectivity index (χ0) is 18.7. The number of H-pyrrole nitrogens is 1. The van der Waals surface area contributed by atoms with Gasteiger partial charge in [0.25, 0.3) is 5.56 Å². The molecule has 1 aromatic heterocycles. The van der Waals surface area contributed by atoms with Gasteiger partial charge >= 0.3 is 0 Å². The Morgan fingerprint density at radius 2 is 2.00 bits per heavy atom. The fourth-order valence-corrected chi connectivity index (χ4v) is 3.65. The first-order chi connectivity index (χ1) is 12.5. The predicted molar refractivity (Wildman–Crippen MR) is 107 cm³/mol. The lowest BCUT2D eigenvalue weighted by molar-refractivity contribution is -0.115. The molecule has 0 bridgehead atoms. The van der Waals surface area contributed by atoms with Gasteiger partial charge in [0.15, 0.2) is 5.16 Å². The molecule has 2 aromatic carbocycles.